The summed E-state index contributed by atoms with van der Waals surface area (Å²) in [5, 5.41) is 0. The Kier molecular flexibility index (Phi) is 6.01. The Bertz CT molecular complexity index is 947. The average molecular weight is 498 g/mol. The fraction of sp³-hybridized carbons (Fsp3) is 0.909. The highest BCUT2D eigenvalue weighted by Crippen LogP contribution is 2.75. The van der Waals surface area contributed by atoms with Gasteiger partial charge in [0.05, 0.1) is 0 Å². The molecule has 0 amide bonds. The standard InChI is InChI=1S/C33H55NO2/c1-21(34)27(35)36-26-13-14-31(7)24(29(26,4)5)12-15-33(9)25(31)11-10-22-23-20-28(2,3)16-17-30(23,6)18-19-32(22,33)8/h10,21,23-26H,11-20,34H2,1-9H3/t21-,23+,24+,25-,26+,30-,31+,32-,33-/m1/s1. The van der Waals surface area contributed by atoms with Gasteiger partial charge in [0.15, 0.2) is 0 Å². The van der Waals surface area contributed by atoms with Gasteiger partial charge in [-0.15, -0.1) is 0 Å². The van der Waals surface area contributed by atoms with Crippen molar-refractivity contribution < 1.29 is 9.53 Å². The SMILES string of the molecule is C[C@@H](N)C(=O)O[C@H]1CC[C@]2(C)[C@H]3CC=C4[C@@H]5CC(C)(C)CC[C@]5(C)CC[C@@]4(C)[C@]3(C)CC[C@H]2C1(C)C. The van der Waals surface area contributed by atoms with E-state index in [1.807, 2.05) is 5.57 Å². The molecule has 0 saturated heterocycles. The smallest absolute Gasteiger partial charge is 0.322 e. The van der Waals surface area contributed by atoms with E-state index in [-0.39, 0.29) is 22.9 Å². The molecule has 3 nitrogen and oxygen atoms in total. The van der Waals surface area contributed by atoms with Crippen LogP contribution in [0.25, 0.3) is 0 Å². The largest absolute Gasteiger partial charge is 0.461 e. The van der Waals surface area contributed by atoms with Crippen LogP contribution in [0.3, 0.4) is 0 Å². The zero-order valence-electron chi connectivity index (χ0n) is 24.9. The average Bonchev–Trinajstić information content (AvgIpc) is 2.77. The highest BCUT2D eigenvalue weighted by atomic mass is 16.5. The molecule has 0 radical (unpaired) electrons. The molecule has 0 spiro atoms. The van der Waals surface area contributed by atoms with E-state index in [0.717, 1.165) is 18.8 Å². The highest BCUT2D eigenvalue weighted by molar-refractivity contribution is 5.75. The van der Waals surface area contributed by atoms with Gasteiger partial charge in [0.2, 0.25) is 0 Å². The Labute approximate surface area is 221 Å². The van der Waals surface area contributed by atoms with E-state index >= 15 is 0 Å². The molecule has 0 bridgehead atoms. The van der Waals surface area contributed by atoms with Crippen LogP contribution in [0.4, 0.5) is 0 Å². The molecule has 4 fully saturated rings. The Morgan fingerprint density at radius 3 is 2.25 bits per heavy atom. The van der Waals surface area contributed by atoms with Crippen LogP contribution in [0.5, 0.6) is 0 Å². The summed E-state index contributed by atoms with van der Waals surface area (Å²) in [4.78, 5) is 12.4. The molecular formula is C33H55NO2. The second kappa shape index (κ2) is 8.09. The van der Waals surface area contributed by atoms with Gasteiger partial charge in [-0.1, -0.05) is 67.0 Å². The predicted octanol–water partition coefficient (Wildman–Crippen LogP) is 8.07. The highest BCUT2D eigenvalue weighted by Gasteiger charge is 2.68. The number of hydrogen-bond acceptors (Lipinski definition) is 3. The van der Waals surface area contributed by atoms with Crippen molar-refractivity contribution in [3.05, 3.63) is 11.6 Å². The van der Waals surface area contributed by atoms with Gasteiger partial charge < -0.3 is 10.5 Å². The molecule has 0 aliphatic heterocycles. The normalized spacial score (nSPS) is 49.9. The van der Waals surface area contributed by atoms with Crippen LogP contribution < -0.4 is 5.73 Å². The van der Waals surface area contributed by atoms with Crippen molar-refractivity contribution in [2.45, 2.75) is 139 Å². The first-order chi connectivity index (χ1) is 16.5. The Morgan fingerprint density at radius 1 is 0.917 bits per heavy atom. The van der Waals surface area contributed by atoms with E-state index < -0.39 is 6.04 Å². The minimum absolute atomic E-state index is 0.0245. The minimum Gasteiger partial charge on any atom is -0.461 e. The van der Waals surface area contributed by atoms with Crippen molar-refractivity contribution in [1.29, 1.82) is 0 Å². The molecule has 0 aromatic rings. The zero-order valence-corrected chi connectivity index (χ0v) is 24.9. The summed E-state index contributed by atoms with van der Waals surface area (Å²) >= 11 is 0. The van der Waals surface area contributed by atoms with E-state index in [1.54, 1.807) is 6.92 Å². The van der Waals surface area contributed by atoms with Crippen LogP contribution in [0.15, 0.2) is 11.6 Å². The quantitative estimate of drug-likeness (QED) is 0.310. The first-order valence-corrected chi connectivity index (χ1v) is 15.2. The van der Waals surface area contributed by atoms with Gasteiger partial charge in [-0.25, -0.2) is 0 Å². The number of nitrogens with two attached hydrogens (primary N) is 1. The second-order valence-electron chi connectivity index (χ2n) is 16.4. The molecule has 3 heteroatoms. The number of fused-ring (bicyclic) bond motifs is 7. The monoisotopic (exact) mass is 497 g/mol. The summed E-state index contributed by atoms with van der Waals surface area (Å²) in [6.45, 7) is 22.1. The number of hydrogen-bond donors (Lipinski definition) is 1. The van der Waals surface area contributed by atoms with Crippen LogP contribution in [0, 0.1) is 50.2 Å². The third-order valence-corrected chi connectivity index (χ3v) is 13.6. The van der Waals surface area contributed by atoms with Gasteiger partial charge in [0, 0.05) is 5.41 Å². The lowest BCUT2D eigenvalue weighted by Gasteiger charge is -2.71. The van der Waals surface area contributed by atoms with E-state index in [9.17, 15) is 4.79 Å². The number of rotatable bonds is 2. The van der Waals surface area contributed by atoms with Crippen molar-refractivity contribution in [1.82, 2.24) is 0 Å². The summed E-state index contributed by atoms with van der Waals surface area (Å²) in [6.07, 6.45) is 15.6. The Balaban J connectivity index is 1.49. The Hall–Kier alpha value is -0.830. The molecule has 0 aromatic carbocycles. The summed E-state index contributed by atoms with van der Waals surface area (Å²) in [7, 11) is 0. The van der Waals surface area contributed by atoms with Crippen LogP contribution >= 0.6 is 0 Å². The number of carbonyl (C=O) groups excluding carboxylic acids is 1. The molecule has 0 heterocycles. The lowest BCUT2D eigenvalue weighted by atomic mass is 9.33. The second-order valence-corrected chi connectivity index (χ2v) is 16.4. The topological polar surface area (TPSA) is 52.3 Å². The summed E-state index contributed by atoms with van der Waals surface area (Å²) in [5.74, 6) is 1.79. The maximum atomic E-state index is 12.4. The van der Waals surface area contributed by atoms with Crippen molar-refractivity contribution in [3.8, 4) is 0 Å². The molecule has 36 heavy (non-hydrogen) atoms. The van der Waals surface area contributed by atoms with Crippen molar-refractivity contribution in [2.24, 2.45) is 56.0 Å². The van der Waals surface area contributed by atoms with E-state index in [2.05, 4.69) is 61.5 Å². The van der Waals surface area contributed by atoms with Crippen LogP contribution in [-0.2, 0) is 9.53 Å². The number of allylic oxidation sites excluding steroid dienone is 2. The van der Waals surface area contributed by atoms with Gasteiger partial charge in [-0.05, 0) is 116 Å². The predicted molar refractivity (Wildman–Crippen MR) is 148 cm³/mol. The van der Waals surface area contributed by atoms with E-state index in [4.69, 9.17) is 10.5 Å². The molecule has 0 aromatic heterocycles. The number of esters is 1. The number of ether oxygens (including phenoxy) is 1. The van der Waals surface area contributed by atoms with Crippen molar-refractivity contribution in [2.75, 3.05) is 0 Å². The van der Waals surface area contributed by atoms with Gasteiger partial charge in [-0.2, -0.15) is 0 Å². The molecule has 9 atom stereocenters. The molecular weight excluding hydrogens is 442 g/mol. The Morgan fingerprint density at radius 2 is 1.58 bits per heavy atom. The zero-order chi connectivity index (χ0) is 26.5. The molecule has 5 rings (SSSR count). The van der Waals surface area contributed by atoms with E-state index in [0.29, 0.717) is 33.5 Å². The third kappa shape index (κ3) is 3.56. The summed E-state index contributed by atoms with van der Waals surface area (Å²) in [5.41, 5.74) is 9.59. The number of carbonyl (C=O) groups is 1. The fourth-order valence-electron chi connectivity index (χ4n) is 11.0. The van der Waals surface area contributed by atoms with Crippen LogP contribution in [-0.4, -0.2) is 18.1 Å². The van der Waals surface area contributed by atoms with Crippen LogP contribution in [0.2, 0.25) is 0 Å². The minimum atomic E-state index is -0.549. The first-order valence-electron chi connectivity index (χ1n) is 15.2. The van der Waals surface area contributed by atoms with Crippen molar-refractivity contribution >= 4 is 5.97 Å². The summed E-state index contributed by atoms with van der Waals surface area (Å²) < 4.78 is 6.04. The van der Waals surface area contributed by atoms with Gasteiger partial charge in [0.1, 0.15) is 12.1 Å². The lowest BCUT2D eigenvalue weighted by molar-refractivity contribution is -0.212. The molecule has 5 aliphatic carbocycles. The van der Waals surface area contributed by atoms with Gasteiger partial charge in [0.25, 0.3) is 0 Å². The maximum Gasteiger partial charge on any atom is 0.322 e. The molecule has 5 aliphatic rings. The molecule has 0 unspecified atom stereocenters. The van der Waals surface area contributed by atoms with Gasteiger partial charge >= 0.3 is 5.97 Å². The summed E-state index contributed by atoms with van der Waals surface area (Å²) in [6, 6.07) is -0.549. The van der Waals surface area contributed by atoms with Crippen molar-refractivity contribution in [3.63, 3.8) is 0 Å². The maximum absolute atomic E-state index is 12.4. The molecule has 4 saturated carbocycles. The van der Waals surface area contributed by atoms with Crippen LogP contribution in [0.1, 0.15) is 127 Å². The molecule has 204 valence electrons. The van der Waals surface area contributed by atoms with E-state index in [1.165, 1.54) is 51.4 Å². The van der Waals surface area contributed by atoms with Gasteiger partial charge in [-0.3, -0.25) is 4.79 Å². The fourth-order valence-corrected chi connectivity index (χ4v) is 11.0. The first kappa shape index (κ1) is 26.8. The molecule has 2 N–H and O–H groups in total. The third-order valence-electron chi connectivity index (χ3n) is 13.6. The lowest BCUT2D eigenvalue weighted by Crippen LogP contribution is -2.64.